The number of benzene rings is 1. The second-order valence-corrected chi connectivity index (χ2v) is 7.18. The number of amides is 1. The van der Waals surface area contributed by atoms with Crippen molar-refractivity contribution in [1.82, 2.24) is 0 Å². The minimum atomic E-state index is -1.07. The van der Waals surface area contributed by atoms with Crippen molar-refractivity contribution in [1.29, 1.82) is 0 Å². The van der Waals surface area contributed by atoms with Crippen LogP contribution in [0.25, 0.3) is 0 Å². The highest BCUT2D eigenvalue weighted by Crippen LogP contribution is 2.30. The van der Waals surface area contributed by atoms with E-state index in [9.17, 15) is 14.4 Å². The number of aryl methyl sites for hydroxylation is 2. The number of carbonyl (C=O) groups is 3. The standard InChI is InChI=1S/C18H23NO4S/c1-12-6-5-7-13(2)17(12)19(10-16(21)22)15(20)11-24-18(23)14-8-3-4-9-14/h5-7,14H,3-4,8-11H2,1-2H3,(H,21,22). The molecule has 130 valence electrons. The van der Waals surface area contributed by atoms with Crippen LogP contribution in [0.4, 0.5) is 5.69 Å². The normalized spacial score (nSPS) is 14.6. The molecule has 0 aliphatic heterocycles. The number of hydrogen-bond donors (Lipinski definition) is 1. The van der Waals surface area contributed by atoms with Gasteiger partial charge in [-0.2, -0.15) is 0 Å². The molecule has 1 aliphatic carbocycles. The van der Waals surface area contributed by atoms with E-state index in [1.165, 1.54) is 4.90 Å². The van der Waals surface area contributed by atoms with Gasteiger partial charge in [-0.1, -0.05) is 42.8 Å². The van der Waals surface area contributed by atoms with E-state index in [0.717, 1.165) is 48.6 Å². The van der Waals surface area contributed by atoms with Gasteiger partial charge < -0.3 is 5.11 Å². The molecule has 1 aliphatic rings. The van der Waals surface area contributed by atoms with Crippen molar-refractivity contribution in [2.24, 2.45) is 5.92 Å². The second-order valence-electron chi connectivity index (χ2n) is 6.20. The van der Waals surface area contributed by atoms with Gasteiger partial charge in [0.25, 0.3) is 0 Å². The SMILES string of the molecule is Cc1cccc(C)c1N(CC(=O)O)C(=O)CSC(=O)C1CCCC1. The number of nitrogens with zero attached hydrogens (tertiary/aromatic N) is 1. The van der Waals surface area contributed by atoms with Crippen molar-refractivity contribution in [2.75, 3.05) is 17.2 Å². The minimum absolute atomic E-state index is 0.0175. The van der Waals surface area contributed by atoms with Crippen LogP contribution in [0, 0.1) is 19.8 Å². The topological polar surface area (TPSA) is 74.7 Å². The Hall–Kier alpha value is -1.82. The van der Waals surface area contributed by atoms with Gasteiger partial charge in [-0.3, -0.25) is 19.3 Å². The predicted molar refractivity (Wildman–Crippen MR) is 95.3 cm³/mol. The fourth-order valence-electron chi connectivity index (χ4n) is 3.15. The largest absolute Gasteiger partial charge is 0.480 e. The Morgan fingerprint density at radius 1 is 1.17 bits per heavy atom. The number of rotatable bonds is 6. The highest BCUT2D eigenvalue weighted by Gasteiger charge is 2.26. The molecule has 0 atom stereocenters. The minimum Gasteiger partial charge on any atom is -0.480 e. The molecule has 0 bridgehead atoms. The van der Waals surface area contributed by atoms with Gasteiger partial charge in [-0.15, -0.1) is 0 Å². The summed E-state index contributed by atoms with van der Waals surface area (Å²) in [5.74, 6) is -1.38. The van der Waals surface area contributed by atoms with Crippen LogP contribution in [-0.4, -0.2) is 34.4 Å². The molecule has 0 heterocycles. The van der Waals surface area contributed by atoms with Gasteiger partial charge in [0.2, 0.25) is 5.91 Å². The van der Waals surface area contributed by atoms with E-state index in [-0.39, 0.29) is 22.7 Å². The molecule has 0 saturated heterocycles. The lowest BCUT2D eigenvalue weighted by Gasteiger charge is -2.24. The molecule has 1 saturated carbocycles. The first kappa shape index (κ1) is 18.5. The van der Waals surface area contributed by atoms with Crippen molar-refractivity contribution >= 4 is 34.4 Å². The lowest BCUT2D eigenvalue weighted by Crippen LogP contribution is -2.38. The highest BCUT2D eigenvalue weighted by atomic mass is 32.2. The lowest BCUT2D eigenvalue weighted by molar-refractivity contribution is -0.136. The van der Waals surface area contributed by atoms with E-state index in [1.807, 2.05) is 32.0 Å². The summed E-state index contributed by atoms with van der Waals surface area (Å²) in [6.45, 7) is 3.30. The monoisotopic (exact) mass is 349 g/mol. The molecule has 0 unspecified atom stereocenters. The third kappa shape index (κ3) is 4.60. The van der Waals surface area contributed by atoms with Crippen molar-refractivity contribution in [3.63, 3.8) is 0 Å². The first-order valence-corrected chi connectivity index (χ1v) is 9.13. The lowest BCUT2D eigenvalue weighted by atomic mass is 10.1. The number of hydrogen-bond acceptors (Lipinski definition) is 4. The molecule has 6 heteroatoms. The molecule has 1 fully saturated rings. The van der Waals surface area contributed by atoms with Gasteiger partial charge in [-0.05, 0) is 37.8 Å². The number of carbonyl (C=O) groups excluding carboxylic acids is 2. The Labute approximate surface area is 146 Å². The van der Waals surface area contributed by atoms with Gasteiger partial charge in [0.05, 0.1) is 11.4 Å². The number of carboxylic acid groups (broad SMARTS) is 1. The zero-order chi connectivity index (χ0) is 17.7. The summed E-state index contributed by atoms with van der Waals surface area (Å²) in [7, 11) is 0. The Morgan fingerprint density at radius 3 is 2.29 bits per heavy atom. The fourth-order valence-corrected chi connectivity index (χ4v) is 4.04. The molecule has 0 spiro atoms. The molecule has 5 nitrogen and oxygen atoms in total. The van der Waals surface area contributed by atoms with Crippen LogP contribution in [0.3, 0.4) is 0 Å². The van der Waals surface area contributed by atoms with Gasteiger partial charge in [-0.25, -0.2) is 0 Å². The molecule has 1 aromatic carbocycles. The van der Waals surface area contributed by atoms with Crippen molar-refractivity contribution < 1.29 is 19.5 Å². The molecule has 0 aromatic heterocycles. The number of thioether (sulfide) groups is 1. The van der Waals surface area contributed by atoms with Crippen molar-refractivity contribution in [2.45, 2.75) is 39.5 Å². The number of anilines is 1. The summed E-state index contributed by atoms with van der Waals surface area (Å²) in [5, 5.41) is 9.21. The van der Waals surface area contributed by atoms with Crippen LogP contribution in [-0.2, 0) is 14.4 Å². The van der Waals surface area contributed by atoms with Crippen molar-refractivity contribution in [3.05, 3.63) is 29.3 Å². The molecule has 0 radical (unpaired) electrons. The van der Waals surface area contributed by atoms with Crippen LogP contribution in [0.15, 0.2) is 18.2 Å². The summed E-state index contributed by atoms with van der Waals surface area (Å²) in [6, 6.07) is 5.57. The summed E-state index contributed by atoms with van der Waals surface area (Å²) in [4.78, 5) is 37.2. The second kappa shape index (κ2) is 8.33. The van der Waals surface area contributed by atoms with Gasteiger partial charge in [0.1, 0.15) is 6.54 Å². The zero-order valence-electron chi connectivity index (χ0n) is 14.1. The molecule has 1 amide bonds. The van der Waals surface area contributed by atoms with Gasteiger partial charge in [0.15, 0.2) is 5.12 Å². The summed E-state index contributed by atoms with van der Waals surface area (Å²) in [6.07, 6.45) is 3.93. The maximum Gasteiger partial charge on any atom is 0.323 e. The third-order valence-electron chi connectivity index (χ3n) is 4.33. The molecule has 2 rings (SSSR count). The van der Waals surface area contributed by atoms with Crippen LogP contribution < -0.4 is 4.90 Å². The van der Waals surface area contributed by atoms with E-state index >= 15 is 0 Å². The van der Waals surface area contributed by atoms with E-state index in [0.29, 0.717) is 5.69 Å². The number of carboxylic acids is 1. The Balaban J connectivity index is 2.11. The molecular weight excluding hydrogens is 326 g/mol. The Morgan fingerprint density at radius 2 is 1.75 bits per heavy atom. The van der Waals surface area contributed by atoms with E-state index in [2.05, 4.69) is 0 Å². The zero-order valence-corrected chi connectivity index (χ0v) is 14.9. The van der Waals surface area contributed by atoms with E-state index in [4.69, 9.17) is 5.11 Å². The average molecular weight is 349 g/mol. The predicted octanol–water partition coefficient (Wildman–Crippen LogP) is 3.17. The maximum atomic E-state index is 12.6. The quantitative estimate of drug-likeness (QED) is 0.854. The van der Waals surface area contributed by atoms with Crippen LogP contribution in [0.2, 0.25) is 0 Å². The first-order chi connectivity index (χ1) is 11.4. The molecule has 24 heavy (non-hydrogen) atoms. The maximum absolute atomic E-state index is 12.6. The molecule has 1 N–H and O–H groups in total. The molecule has 1 aromatic rings. The van der Waals surface area contributed by atoms with E-state index < -0.39 is 12.5 Å². The Bertz CT molecular complexity index is 618. The first-order valence-electron chi connectivity index (χ1n) is 8.15. The highest BCUT2D eigenvalue weighted by molar-refractivity contribution is 8.14. The van der Waals surface area contributed by atoms with Gasteiger partial charge in [0, 0.05) is 5.92 Å². The average Bonchev–Trinajstić information content (AvgIpc) is 3.05. The van der Waals surface area contributed by atoms with Gasteiger partial charge >= 0.3 is 5.97 Å². The number of para-hydroxylation sites is 1. The fraction of sp³-hybridized carbons (Fsp3) is 0.500. The smallest absolute Gasteiger partial charge is 0.323 e. The van der Waals surface area contributed by atoms with Crippen molar-refractivity contribution in [3.8, 4) is 0 Å². The summed E-state index contributed by atoms with van der Waals surface area (Å²) >= 11 is 1.02. The van der Waals surface area contributed by atoms with E-state index in [1.54, 1.807) is 0 Å². The summed E-state index contributed by atoms with van der Waals surface area (Å²) in [5.41, 5.74) is 2.31. The van der Waals surface area contributed by atoms with Crippen LogP contribution >= 0.6 is 11.8 Å². The van der Waals surface area contributed by atoms with Crippen LogP contribution in [0.5, 0.6) is 0 Å². The number of aliphatic carboxylic acids is 1. The Kier molecular flexibility index (Phi) is 6.43. The summed E-state index contributed by atoms with van der Waals surface area (Å²) < 4.78 is 0. The molecular formula is C18H23NO4S. The van der Waals surface area contributed by atoms with Crippen LogP contribution in [0.1, 0.15) is 36.8 Å². The third-order valence-corrected chi connectivity index (χ3v) is 5.34.